The third kappa shape index (κ3) is 2.85. The predicted octanol–water partition coefficient (Wildman–Crippen LogP) is 0.894. The Morgan fingerprint density at radius 3 is 2.43 bits per heavy atom. The van der Waals surface area contributed by atoms with Gasteiger partial charge in [0.2, 0.25) is 0 Å². The molecule has 1 atom stereocenters. The van der Waals surface area contributed by atoms with Gasteiger partial charge >= 0.3 is 0 Å². The molecule has 0 aromatic heterocycles. The zero-order chi connectivity index (χ0) is 5.70. The maximum absolute atomic E-state index is 5.18. The molecule has 0 bridgehead atoms. The van der Waals surface area contributed by atoms with E-state index in [1.807, 2.05) is 6.92 Å². The Morgan fingerprint density at radius 1 is 1.86 bits per heavy atom. The van der Waals surface area contributed by atoms with Crippen LogP contribution in [-0.4, -0.2) is 12.6 Å². The highest BCUT2D eigenvalue weighted by atomic mass is 35.5. The molecule has 0 saturated heterocycles. The number of hydrogen-bond acceptors (Lipinski definition) is 2. The fraction of sp³-hybridized carbons (Fsp3) is 1.00. The van der Waals surface area contributed by atoms with E-state index in [1.54, 1.807) is 0 Å². The molecule has 0 spiro atoms. The molecular weight excluding hydrogens is 114 g/mol. The van der Waals surface area contributed by atoms with Crippen molar-refractivity contribution in [2.24, 2.45) is 5.73 Å². The van der Waals surface area contributed by atoms with Crippen LogP contribution in [0.5, 0.6) is 0 Å². The summed E-state index contributed by atoms with van der Waals surface area (Å²) in [6.45, 7) is 2.47. The Balaban J connectivity index is 2.99. The summed E-state index contributed by atoms with van der Waals surface area (Å²) < 4.78 is 4.40. The van der Waals surface area contributed by atoms with E-state index in [4.69, 9.17) is 17.6 Å². The maximum Gasteiger partial charge on any atom is 0.0910 e. The highest BCUT2D eigenvalue weighted by Crippen LogP contribution is 1.96. The van der Waals surface area contributed by atoms with Crippen molar-refractivity contribution in [1.29, 1.82) is 0 Å². The number of hydrogen-bond donors (Lipinski definition) is 1. The van der Waals surface area contributed by atoms with Gasteiger partial charge in [-0.2, -0.15) is 0 Å². The van der Waals surface area contributed by atoms with Crippen molar-refractivity contribution in [2.75, 3.05) is 6.54 Å². The zero-order valence-corrected chi connectivity index (χ0v) is 5.11. The second-order valence-corrected chi connectivity index (χ2v) is 1.53. The summed E-state index contributed by atoms with van der Waals surface area (Å²) in [6, 6.07) is 0. The first-order valence-electron chi connectivity index (χ1n) is 2.32. The van der Waals surface area contributed by atoms with Gasteiger partial charge in [0.05, 0.1) is 18.0 Å². The second kappa shape index (κ2) is 4.37. The van der Waals surface area contributed by atoms with Crippen LogP contribution in [0.4, 0.5) is 0 Å². The minimum absolute atomic E-state index is 0.0293. The Bertz CT molecular complexity index is 33.2. The van der Waals surface area contributed by atoms with Gasteiger partial charge in [-0.1, -0.05) is 6.92 Å². The average Bonchev–Trinajstić information content (AvgIpc) is 1.72. The molecule has 0 heterocycles. The minimum Gasteiger partial charge on any atom is -0.328 e. The Labute approximate surface area is 48.8 Å². The van der Waals surface area contributed by atoms with Gasteiger partial charge in [-0.15, -0.1) is 0 Å². The van der Waals surface area contributed by atoms with E-state index < -0.39 is 0 Å². The maximum atomic E-state index is 5.18. The quantitative estimate of drug-likeness (QED) is 0.605. The Morgan fingerprint density at radius 2 is 2.43 bits per heavy atom. The lowest BCUT2D eigenvalue weighted by molar-refractivity contribution is 0.227. The van der Waals surface area contributed by atoms with Crippen LogP contribution >= 0.6 is 11.9 Å². The van der Waals surface area contributed by atoms with E-state index in [2.05, 4.69) is 4.29 Å². The standard InChI is InChI=1S/C4H10ClNO/c1-2-4(3-6)7-5/h4H,2-3,6H2,1H3/t4-/m0/s1. The van der Waals surface area contributed by atoms with Gasteiger partial charge in [0.25, 0.3) is 0 Å². The molecule has 0 saturated carbocycles. The van der Waals surface area contributed by atoms with Gasteiger partial charge < -0.3 is 5.73 Å². The molecule has 0 amide bonds. The molecule has 0 fully saturated rings. The smallest absolute Gasteiger partial charge is 0.0910 e. The average molecular weight is 124 g/mol. The molecule has 0 aliphatic rings. The van der Waals surface area contributed by atoms with E-state index in [-0.39, 0.29) is 6.10 Å². The molecule has 44 valence electrons. The molecule has 0 aliphatic heterocycles. The first-order chi connectivity index (χ1) is 3.35. The highest BCUT2D eigenvalue weighted by Gasteiger charge is 1.98. The van der Waals surface area contributed by atoms with Crippen LogP contribution in [0.15, 0.2) is 0 Å². The summed E-state index contributed by atoms with van der Waals surface area (Å²) in [6.07, 6.45) is 0.904. The van der Waals surface area contributed by atoms with E-state index in [1.165, 1.54) is 0 Å². The van der Waals surface area contributed by atoms with Crippen LogP contribution in [0.25, 0.3) is 0 Å². The molecule has 0 rings (SSSR count). The van der Waals surface area contributed by atoms with Crippen LogP contribution in [-0.2, 0) is 4.29 Å². The molecule has 2 nitrogen and oxygen atoms in total. The van der Waals surface area contributed by atoms with Crippen molar-refractivity contribution in [3.63, 3.8) is 0 Å². The lowest BCUT2D eigenvalue weighted by Gasteiger charge is -2.03. The third-order valence-electron chi connectivity index (χ3n) is 0.844. The fourth-order valence-corrected chi connectivity index (χ4v) is 0.465. The molecule has 0 aromatic carbocycles. The molecule has 7 heavy (non-hydrogen) atoms. The molecule has 0 radical (unpaired) electrons. The third-order valence-corrected chi connectivity index (χ3v) is 1.10. The van der Waals surface area contributed by atoms with Crippen molar-refractivity contribution < 1.29 is 4.29 Å². The first-order valence-corrected chi connectivity index (χ1v) is 2.63. The fourth-order valence-electron chi connectivity index (χ4n) is 0.266. The van der Waals surface area contributed by atoms with Crippen molar-refractivity contribution in [3.8, 4) is 0 Å². The van der Waals surface area contributed by atoms with Gasteiger partial charge in [0.1, 0.15) is 0 Å². The Hall–Kier alpha value is 0.210. The number of nitrogens with two attached hydrogens (primary N) is 1. The van der Waals surface area contributed by atoms with E-state index in [0.29, 0.717) is 6.54 Å². The van der Waals surface area contributed by atoms with E-state index in [0.717, 1.165) is 6.42 Å². The molecule has 2 N–H and O–H groups in total. The summed E-state index contributed by atoms with van der Waals surface area (Å²) in [5, 5.41) is 0. The molecule has 3 heteroatoms. The molecule has 0 aliphatic carbocycles. The van der Waals surface area contributed by atoms with Gasteiger partial charge in [-0.25, -0.2) is 0 Å². The van der Waals surface area contributed by atoms with E-state index >= 15 is 0 Å². The zero-order valence-electron chi connectivity index (χ0n) is 4.36. The monoisotopic (exact) mass is 123 g/mol. The largest absolute Gasteiger partial charge is 0.328 e. The van der Waals surface area contributed by atoms with Gasteiger partial charge in [0, 0.05) is 6.54 Å². The number of halogens is 1. The van der Waals surface area contributed by atoms with E-state index in [9.17, 15) is 0 Å². The normalized spacial score (nSPS) is 14.1. The number of rotatable bonds is 3. The summed E-state index contributed by atoms with van der Waals surface area (Å²) in [5.41, 5.74) is 5.18. The molecule has 0 aromatic rings. The SMILES string of the molecule is CC[C@@H](CN)OCl. The highest BCUT2D eigenvalue weighted by molar-refractivity contribution is 6.07. The second-order valence-electron chi connectivity index (χ2n) is 1.36. The van der Waals surface area contributed by atoms with Crippen molar-refractivity contribution >= 4 is 11.9 Å². The summed E-state index contributed by atoms with van der Waals surface area (Å²) in [5.74, 6) is 0. The molecule has 0 unspecified atom stereocenters. The lowest BCUT2D eigenvalue weighted by atomic mass is 10.3. The van der Waals surface area contributed by atoms with Crippen molar-refractivity contribution in [3.05, 3.63) is 0 Å². The van der Waals surface area contributed by atoms with Crippen molar-refractivity contribution in [1.82, 2.24) is 0 Å². The topological polar surface area (TPSA) is 35.2 Å². The summed E-state index contributed by atoms with van der Waals surface area (Å²) in [7, 11) is 0. The van der Waals surface area contributed by atoms with Crippen LogP contribution in [0.2, 0.25) is 0 Å². The van der Waals surface area contributed by atoms with Crippen LogP contribution < -0.4 is 5.73 Å². The lowest BCUT2D eigenvalue weighted by Crippen LogP contribution is -2.18. The summed E-state index contributed by atoms with van der Waals surface area (Å²) in [4.78, 5) is 0. The van der Waals surface area contributed by atoms with Gasteiger partial charge in [-0.05, 0) is 6.42 Å². The van der Waals surface area contributed by atoms with Gasteiger partial charge in [-0.3, -0.25) is 4.29 Å². The van der Waals surface area contributed by atoms with Gasteiger partial charge in [0.15, 0.2) is 0 Å². The first kappa shape index (κ1) is 7.21. The van der Waals surface area contributed by atoms with Crippen LogP contribution in [0.3, 0.4) is 0 Å². The Kier molecular flexibility index (Phi) is 4.50. The predicted molar refractivity (Wildman–Crippen MR) is 30.1 cm³/mol. The summed E-state index contributed by atoms with van der Waals surface area (Å²) >= 11 is 4.99. The van der Waals surface area contributed by atoms with Crippen molar-refractivity contribution in [2.45, 2.75) is 19.4 Å². The van der Waals surface area contributed by atoms with Crippen LogP contribution in [0, 0.1) is 0 Å². The minimum atomic E-state index is 0.0293. The van der Waals surface area contributed by atoms with Crippen LogP contribution in [0.1, 0.15) is 13.3 Å². The molecular formula is C4H10ClNO.